The second-order valence-corrected chi connectivity index (χ2v) is 6.77. The highest BCUT2D eigenvalue weighted by atomic mass is 16.5. The van der Waals surface area contributed by atoms with Crippen molar-refractivity contribution in [1.82, 2.24) is 4.90 Å². The lowest BCUT2D eigenvalue weighted by atomic mass is 9.81. The maximum absolute atomic E-state index is 12.7. The lowest BCUT2D eigenvalue weighted by Crippen LogP contribution is -2.42. The van der Waals surface area contributed by atoms with E-state index in [1.54, 1.807) is 0 Å². The van der Waals surface area contributed by atoms with E-state index in [-0.39, 0.29) is 25.0 Å². The Kier molecular flexibility index (Phi) is 3.39. The monoisotopic (exact) mass is 316 g/mol. The number of carboxylic acids is 1. The van der Waals surface area contributed by atoms with Crippen LogP contribution in [0.5, 0.6) is 0 Å². The second kappa shape index (κ2) is 5.32. The van der Waals surface area contributed by atoms with Crippen molar-refractivity contribution in [3.05, 3.63) is 29.8 Å². The molecule has 0 bridgehead atoms. The number of benzene rings is 1. The third-order valence-corrected chi connectivity index (χ3v) is 5.42. The summed E-state index contributed by atoms with van der Waals surface area (Å²) in [5.74, 6) is -0.767. The first-order valence-electron chi connectivity index (χ1n) is 8.02. The van der Waals surface area contributed by atoms with Crippen LogP contribution in [0.25, 0.3) is 0 Å². The summed E-state index contributed by atoms with van der Waals surface area (Å²) < 4.78 is 5.37. The van der Waals surface area contributed by atoms with E-state index in [1.807, 2.05) is 28.0 Å². The number of ether oxygens (including phenoxy) is 1. The van der Waals surface area contributed by atoms with Crippen molar-refractivity contribution in [1.29, 1.82) is 0 Å². The molecule has 0 spiro atoms. The zero-order chi connectivity index (χ0) is 16.0. The zero-order valence-electron chi connectivity index (χ0n) is 12.9. The third kappa shape index (κ3) is 2.24. The molecule has 1 aromatic rings. The van der Waals surface area contributed by atoms with Crippen molar-refractivity contribution in [2.45, 2.75) is 6.42 Å². The molecule has 6 nitrogen and oxygen atoms in total. The number of para-hydroxylation sites is 1. The van der Waals surface area contributed by atoms with Crippen molar-refractivity contribution in [2.75, 3.05) is 44.3 Å². The molecule has 1 amide bonds. The van der Waals surface area contributed by atoms with Gasteiger partial charge in [-0.3, -0.25) is 14.5 Å². The molecule has 6 heteroatoms. The minimum absolute atomic E-state index is 0.0151. The summed E-state index contributed by atoms with van der Waals surface area (Å²) in [5.41, 5.74) is 1.37. The normalized spacial score (nSPS) is 29.6. The summed E-state index contributed by atoms with van der Waals surface area (Å²) in [6, 6.07) is 7.97. The van der Waals surface area contributed by atoms with Gasteiger partial charge < -0.3 is 14.7 Å². The molecule has 1 N–H and O–H groups in total. The van der Waals surface area contributed by atoms with Crippen LogP contribution < -0.4 is 4.90 Å². The van der Waals surface area contributed by atoms with Gasteiger partial charge >= 0.3 is 5.97 Å². The molecule has 4 rings (SSSR count). The van der Waals surface area contributed by atoms with Crippen LogP contribution in [0, 0.1) is 11.3 Å². The Morgan fingerprint density at radius 1 is 1.35 bits per heavy atom. The molecule has 2 fully saturated rings. The van der Waals surface area contributed by atoms with E-state index in [1.165, 1.54) is 5.56 Å². The Morgan fingerprint density at radius 2 is 2.17 bits per heavy atom. The fourth-order valence-electron chi connectivity index (χ4n) is 4.14. The molecule has 3 heterocycles. The van der Waals surface area contributed by atoms with Gasteiger partial charge in [0, 0.05) is 31.2 Å². The van der Waals surface area contributed by atoms with Crippen LogP contribution in [0.3, 0.4) is 0 Å². The fraction of sp³-hybridized carbons (Fsp3) is 0.529. The minimum atomic E-state index is -0.830. The smallest absolute Gasteiger partial charge is 0.313 e. The predicted octanol–water partition coefficient (Wildman–Crippen LogP) is 0.609. The Labute approximate surface area is 134 Å². The number of amides is 1. The van der Waals surface area contributed by atoms with Crippen LogP contribution in [-0.2, 0) is 20.7 Å². The van der Waals surface area contributed by atoms with Crippen molar-refractivity contribution >= 4 is 17.6 Å². The number of likely N-dealkylation sites (tertiary alicyclic amines) is 1. The number of aliphatic carboxylic acids is 1. The van der Waals surface area contributed by atoms with Gasteiger partial charge in [0.25, 0.3) is 0 Å². The van der Waals surface area contributed by atoms with Gasteiger partial charge in [0.15, 0.2) is 0 Å². The molecule has 0 aromatic heterocycles. The molecule has 0 radical (unpaired) electrons. The summed E-state index contributed by atoms with van der Waals surface area (Å²) in [6.07, 6.45) is 0.886. The summed E-state index contributed by atoms with van der Waals surface area (Å²) in [4.78, 5) is 28.1. The molecule has 0 aliphatic carbocycles. The number of carbonyl (C=O) groups is 2. The lowest BCUT2D eigenvalue weighted by Gasteiger charge is -2.24. The molecule has 2 atom stereocenters. The van der Waals surface area contributed by atoms with Crippen LogP contribution in [-0.4, -0.2) is 61.3 Å². The van der Waals surface area contributed by atoms with Crippen LogP contribution in [0.4, 0.5) is 5.69 Å². The van der Waals surface area contributed by atoms with Crippen LogP contribution in [0.15, 0.2) is 24.3 Å². The topological polar surface area (TPSA) is 70.1 Å². The molecule has 0 saturated carbocycles. The molecule has 23 heavy (non-hydrogen) atoms. The first kappa shape index (κ1) is 14.7. The summed E-state index contributed by atoms with van der Waals surface area (Å²) in [7, 11) is 0. The average Bonchev–Trinajstić information content (AvgIpc) is 3.18. The number of carbonyl (C=O) groups excluding carboxylic acids is 1. The van der Waals surface area contributed by atoms with E-state index >= 15 is 0 Å². The standard InChI is InChI=1S/C17H20N2O4/c20-15(19-6-5-12-3-1-2-4-14(12)19)8-18-7-13-9-23-11-17(13,10-18)16(21)22/h1-4,13H,5-11H2,(H,21,22)/t13-,17-/m1/s1. The Hall–Kier alpha value is -1.92. The van der Waals surface area contributed by atoms with Crippen molar-refractivity contribution in [3.8, 4) is 0 Å². The Morgan fingerprint density at radius 3 is 2.96 bits per heavy atom. The maximum atomic E-state index is 12.7. The second-order valence-electron chi connectivity index (χ2n) is 6.77. The van der Waals surface area contributed by atoms with Gasteiger partial charge in [0.1, 0.15) is 5.41 Å². The number of rotatable bonds is 3. The number of nitrogens with zero attached hydrogens (tertiary/aromatic N) is 2. The number of hydrogen-bond acceptors (Lipinski definition) is 4. The Balaban J connectivity index is 1.46. The van der Waals surface area contributed by atoms with E-state index in [0.29, 0.717) is 26.2 Å². The molecule has 1 aromatic carbocycles. The highest BCUT2D eigenvalue weighted by Gasteiger charge is 2.56. The third-order valence-electron chi connectivity index (χ3n) is 5.42. The molecule has 2 saturated heterocycles. The number of hydrogen-bond donors (Lipinski definition) is 1. The van der Waals surface area contributed by atoms with E-state index < -0.39 is 11.4 Å². The van der Waals surface area contributed by atoms with Crippen molar-refractivity contribution in [3.63, 3.8) is 0 Å². The maximum Gasteiger partial charge on any atom is 0.313 e. The van der Waals surface area contributed by atoms with Gasteiger partial charge in [-0.1, -0.05) is 18.2 Å². The molecule has 3 aliphatic rings. The molecule has 122 valence electrons. The molecule has 0 unspecified atom stereocenters. The van der Waals surface area contributed by atoms with E-state index in [2.05, 4.69) is 6.07 Å². The van der Waals surface area contributed by atoms with Gasteiger partial charge in [-0.15, -0.1) is 0 Å². The SMILES string of the molecule is O=C(CN1C[C@@H]2COC[C@]2(C(=O)O)C1)N1CCc2ccccc21. The van der Waals surface area contributed by atoms with E-state index in [9.17, 15) is 14.7 Å². The average molecular weight is 316 g/mol. The largest absolute Gasteiger partial charge is 0.481 e. The van der Waals surface area contributed by atoms with Crippen molar-refractivity contribution in [2.24, 2.45) is 11.3 Å². The first-order valence-corrected chi connectivity index (χ1v) is 8.02. The zero-order valence-corrected chi connectivity index (χ0v) is 12.9. The highest BCUT2D eigenvalue weighted by molar-refractivity contribution is 5.96. The minimum Gasteiger partial charge on any atom is -0.481 e. The lowest BCUT2D eigenvalue weighted by molar-refractivity contribution is -0.149. The van der Waals surface area contributed by atoms with E-state index in [4.69, 9.17) is 4.74 Å². The summed E-state index contributed by atoms with van der Waals surface area (Å²) >= 11 is 0. The fourth-order valence-corrected chi connectivity index (χ4v) is 4.14. The van der Waals surface area contributed by atoms with Gasteiger partial charge in [0.05, 0.1) is 19.8 Å². The number of fused-ring (bicyclic) bond motifs is 2. The molecule has 3 aliphatic heterocycles. The quantitative estimate of drug-likeness (QED) is 0.885. The van der Waals surface area contributed by atoms with Gasteiger partial charge in [-0.05, 0) is 18.1 Å². The highest BCUT2D eigenvalue weighted by Crippen LogP contribution is 2.41. The predicted molar refractivity (Wildman–Crippen MR) is 83.3 cm³/mol. The van der Waals surface area contributed by atoms with Crippen LogP contribution in [0.1, 0.15) is 5.56 Å². The van der Waals surface area contributed by atoms with Gasteiger partial charge in [0.2, 0.25) is 5.91 Å². The van der Waals surface area contributed by atoms with Crippen molar-refractivity contribution < 1.29 is 19.4 Å². The first-order chi connectivity index (χ1) is 11.1. The van der Waals surface area contributed by atoms with Gasteiger partial charge in [-0.25, -0.2) is 0 Å². The molecular formula is C17H20N2O4. The number of anilines is 1. The van der Waals surface area contributed by atoms with Crippen LogP contribution >= 0.6 is 0 Å². The summed E-state index contributed by atoms with van der Waals surface area (Å²) in [5, 5.41) is 9.57. The Bertz CT molecular complexity index is 662. The van der Waals surface area contributed by atoms with Gasteiger partial charge in [-0.2, -0.15) is 0 Å². The summed E-state index contributed by atoms with van der Waals surface area (Å²) in [6.45, 7) is 2.73. The molecular weight excluding hydrogens is 296 g/mol. The van der Waals surface area contributed by atoms with Crippen LogP contribution in [0.2, 0.25) is 0 Å². The number of carboxylic acid groups (broad SMARTS) is 1. The van der Waals surface area contributed by atoms with E-state index in [0.717, 1.165) is 12.1 Å².